The number of carbonyl (C=O) groups excluding carboxylic acids is 2. The van der Waals surface area contributed by atoms with E-state index in [0.717, 1.165) is 4.90 Å². The molecule has 1 saturated heterocycles. The van der Waals surface area contributed by atoms with Crippen molar-refractivity contribution in [3.8, 4) is 0 Å². The molecular weight excluding hydrogens is 260 g/mol. The quantitative estimate of drug-likeness (QED) is 0.802. The Morgan fingerprint density at radius 2 is 1.85 bits per heavy atom. The number of hydrogen-bond donors (Lipinski definition) is 2. The Balaban J connectivity index is 2.02. The predicted molar refractivity (Wildman–Crippen MR) is 70.4 cm³/mol. The van der Waals surface area contributed by atoms with E-state index in [2.05, 4.69) is 4.98 Å². The lowest BCUT2D eigenvalue weighted by Gasteiger charge is -2.16. The average molecular weight is 276 g/mol. The molecule has 20 heavy (non-hydrogen) atoms. The Hall–Kier alpha value is -2.11. The zero-order valence-electron chi connectivity index (χ0n) is 11.3. The van der Waals surface area contributed by atoms with E-state index in [1.165, 1.54) is 0 Å². The fourth-order valence-corrected chi connectivity index (χ4v) is 3.43. The smallest absolute Gasteiger partial charge is 0.354 e. The molecule has 1 aromatic rings. The number of imide groups is 1. The summed E-state index contributed by atoms with van der Waals surface area (Å²) in [6.45, 7) is 3.73. The van der Waals surface area contributed by atoms with E-state index in [4.69, 9.17) is 0 Å². The van der Waals surface area contributed by atoms with Crippen LogP contribution in [-0.4, -0.2) is 27.9 Å². The number of aromatic carboxylic acids is 1. The van der Waals surface area contributed by atoms with Crippen molar-refractivity contribution in [2.75, 3.05) is 4.90 Å². The number of hydrogen-bond acceptors (Lipinski definition) is 3. The van der Waals surface area contributed by atoms with Crippen LogP contribution in [0.3, 0.4) is 0 Å². The van der Waals surface area contributed by atoms with Gasteiger partial charge in [0.15, 0.2) is 0 Å². The Bertz CT molecular complexity index is 595. The number of carboxylic acid groups (broad SMARTS) is 1. The van der Waals surface area contributed by atoms with Gasteiger partial charge >= 0.3 is 5.97 Å². The predicted octanol–water partition coefficient (Wildman–Crippen LogP) is 1.56. The summed E-state index contributed by atoms with van der Waals surface area (Å²) in [5, 5.41) is 9.18. The highest BCUT2D eigenvalue weighted by Gasteiger charge is 2.53. The Labute approximate surface area is 115 Å². The number of aromatic nitrogens is 1. The van der Waals surface area contributed by atoms with Crippen molar-refractivity contribution in [1.29, 1.82) is 0 Å². The molecule has 2 N–H and O–H groups in total. The summed E-state index contributed by atoms with van der Waals surface area (Å²) < 4.78 is 0. The molecule has 106 valence electrons. The second kappa shape index (κ2) is 4.19. The van der Waals surface area contributed by atoms with E-state index in [1.54, 1.807) is 13.0 Å². The minimum Gasteiger partial charge on any atom is -0.477 e. The molecule has 6 heteroatoms. The van der Waals surface area contributed by atoms with Crippen molar-refractivity contribution >= 4 is 23.5 Å². The van der Waals surface area contributed by atoms with Crippen LogP contribution in [-0.2, 0) is 9.59 Å². The van der Waals surface area contributed by atoms with Crippen LogP contribution >= 0.6 is 0 Å². The van der Waals surface area contributed by atoms with Gasteiger partial charge in [-0.15, -0.1) is 0 Å². The third-order valence-electron chi connectivity index (χ3n) is 4.26. The summed E-state index contributed by atoms with van der Waals surface area (Å²) in [6.07, 6.45) is 1.41. The number of aryl methyl sites for hydroxylation is 1. The van der Waals surface area contributed by atoms with Crippen LogP contribution in [0.5, 0.6) is 0 Å². The van der Waals surface area contributed by atoms with Crippen LogP contribution in [0.2, 0.25) is 0 Å². The lowest BCUT2D eigenvalue weighted by Crippen LogP contribution is -2.33. The minimum atomic E-state index is -1.17. The number of nitrogens with one attached hydrogen (secondary N) is 1. The van der Waals surface area contributed by atoms with Gasteiger partial charge in [-0.1, -0.05) is 6.92 Å². The molecule has 0 bridgehead atoms. The zero-order valence-corrected chi connectivity index (χ0v) is 11.3. The standard InChI is InChI=1S/C14H16N2O4/c1-6-3-8-9(4-6)13(18)16(12(8)17)10-5-7(2)15-11(10)14(19)20/h5-6,8-9,15H,3-4H2,1-2H3,(H,19,20). The first kappa shape index (κ1) is 12.9. The summed E-state index contributed by atoms with van der Waals surface area (Å²) in [6, 6.07) is 1.55. The summed E-state index contributed by atoms with van der Waals surface area (Å²) >= 11 is 0. The second-order valence-electron chi connectivity index (χ2n) is 5.82. The summed E-state index contributed by atoms with van der Waals surface area (Å²) in [5.74, 6) is -1.88. The number of carbonyl (C=O) groups is 3. The van der Waals surface area contributed by atoms with Crippen LogP contribution in [0, 0.1) is 24.7 Å². The molecule has 2 amide bonds. The fourth-order valence-electron chi connectivity index (χ4n) is 3.43. The third kappa shape index (κ3) is 1.67. The first-order valence-electron chi connectivity index (χ1n) is 6.71. The van der Waals surface area contributed by atoms with Gasteiger partial charge in [0.05, 0.1) is 17.5 Å². The molecule has 1 aliphatic carbocycles. The molecular formula is C14H16N2O4. The number of amides is 2. The molecule has 2 fully saturated rings. The van der Waals surface area contributed by atoms with E-state index in [0.29, 0.717) is 24.5 Å². The van der Waals surface area contributed by atoms with E-state index >= 15 is 0 Å². The Morgan fingerprint density at radius 3 is 2.35 bits per heavy atom. The summed E-state index contributed by atoms with van der Waals surface area (Å²) in [5.41, 5.74) is 0.688. The molecule has 0 aromatic carbocycles. The number of anilines is 1. The van der Waals surface area contributed by atoms with Gasteiger partial charge in [0.25, 0.3) is 0 Å². The van der Waals surface area contributed by atoms with E-state index in [-0.39, 0.29) is 35.0 Å². The Kier molecular flexibility index (Phi) is 2.70. The van der Waals surface area contributed by atoms with Gasteiger partial charge in [0.2, 0.25) is 11.8 Å². The SMILES string of the molecule is Cc1cc(N2C(=O)C3CC(C)CC3C2=O)c(C(=O)O)[nH]1. The van der Waals surface area contributed by atoms with Crippen molar-refractivity contribution in [2.45, 2.75) is 26.7 Å². The van der Waals surface area contributed by atoms with Crippen LogP contribution in [0.4, 0.5) is 5.69 Å². The zero-order chi connectivity index (χ0) is 14.6. The van der Waals surface area contributed by atoms with Gasteiger partial charge < -0.3 is 10.1 Å². The molecule has 0 radical (unpaired) electrons. The van der Waals surface area contributed by atoms with Gasteiger partial charge in [-0.05, 0) is 31.7 Å². The highest BCUT2D eigenvalue weighted by atomic mass is 16.4. The maximum atomic E-state index is 12.4. The molecule has 1 saturated carbocycles. The highest BCUT2D eigenvalue weighted by Crippen LogP contribution is 2.44. The van der Waals surface area contributed by atoms with Crippen molar-refractivity contribution in [3.63, 3.8) is 0 Å². The molecule has 2 aliphatic rings. The number of carboxylic acids is 1. The van der Waals surface area contributed by atoms with Crippen LogP contribution in [0.1, 0.15) is 35.9 Å². The monoisotopic (exact) mass is 276 g/mol. The van der Waals surface area contributed by atoms with Crippen molar-refractivity contribution in [2.24, 2.45) is 17.8 Å². The van der Waals surface area contributed by atoms with Crippen LogP contribution in [0.25, 0.3) is 0 Å². The topological polar surface area (TPSA) is 90.5 Å². The number of rotatable bonds is 2. The first-order valence-corrected chi connectivity index (χ1v) is 6.71. The molecule has 2 atom stereocenters. The number of fused-ring (bicyclic) bond motifs is 1. The first-order chi connectivity index (χ1) is 9.40. The maximum Gasteiger partial charge on any atom is 0.354 e. The highest BCUT2D eigenvalue weighted by molar-refractivity contribution is 6.23. The van der Waals surface area contributed by atoms with Gasteiger partial charge in [-0.25, -0.2) is 9.69 Å². The minimum absolute atomic E-state index is 0.0998. The van der Waals surface area contributed by atoms with Gasteiger partial charge in [-0.3, -0.25) is 9.59 Å². The maximum absolute atomic E-state index is 12.4. The summed E-state index contributed by atoms with van der Waals surface area (Å²) in [7, 11) is 0. The van der Waals surface area contributed by atoms with Gasteiger partial charge in [-0.2, -0.15) is 0 Å². The van der Waals surface area contributed by atoms with Gasteiger partial charge in [0.1, 0.15) is 5.69 Å². The molecule has 3 rings (SSSR count). The number of aromatic amines is 1. The van der Waals surface area contributed by atoms with E-state index < -0.39 is 5.97 Å². The number of H-pyrrole nitrogens is 1. The number of nitrogens with zero attached hydrogens (tertiary/aromatic N) is 1. The van der Waals surface area contributed by atoms with Crippen molar-refractivity contribution in [1.82, 2.24) is 4.98 Å². The molecule has 1 aromatic heterocycles. The van der Waals surface area contributed by atoms with Crippen LogP contribution < -0.4 is 4.90 Å². The lowest BCUT2D eigenvalue weighted by molar-refractivity contribution is -0.123. The lowest BCUT2D eigenvalue weighted by atomic mass is 10.00. The normalized spacial score (nSPS) is 29.1. The third-order valence-corrected chi connectivity index (χ3v) is 4.26. The van der Waals surface area contributed by atoms with Gasteiger partial charge in [0, 0.05) is 5.69 Å². The van der Waals surface area contributed by atoms with E-state index in [1.807, 2.05) is 6.92 Å². The van der Waals surface area contributed by atoms with Crippen molar-refractivity contribution in [3.05, 3.63) is 17.5 Å². The Morgan fingerprint density at radius 1 is 1.30 bits per heavy atom. The molecule has 6 nitrogen and oxygen atoms in total. The average Bonchev–Trinajstić information content (AvgIpc) is 2.97. The van der Waals surface area contributed by atoms with Crippen molar-refractivity contribution < 1.29 is 19.5 Å². The molecule has 0 spiro atoms. The molecule has 1 aliphatic heterocycles. The summed E-state index contributed by atoms with van der Waals surface area (Å²) in [4.78, 5) is 39.8. The van der Waals surface area contributed by atoms with Crippen LogP contribution in [0.15, 0.2) is 6.07 Å². The van der Waals surface area contributed by atoms with E-state index in [9.17, 15) is 19.5 Å². The second-order valence-corrected chi connectivity index (χ2v) is 5.82. The largest absolute Gasteiger partial charge is 0.477 e. The fraction of sp³-hybridized carbons (Fsp3) is 0.500. The molecule has 2 unspecified atom stereocenters. The molecule has 2 heterocycles.